The van der Waals surface area contributed by atoms with E-state index in [0.29, 0.717) is 11.1 Å². The highest BCUT2D eigenvalue weighted by Crippen LogP contribution is 2.36. The van der Waals surface area contributed by atoms with E-state index in [0.717, 1.165) is 0 Å². The third-order valence-electron chi connectivity index (χ3n) is 3.44. The van der Waals surface area contributed by atoms with Crippen LogP contribution in [0.25, 0.3) is 0 Å². The van der Waals surface area contributed by atoms with Gasteiger partial charge in [0.05, 0.1) is 11.1 Å². The monoisotopic (exact) mass is 258 g/mol. The average molecular weight is 258 g/mol. The Hall–Kier alpha value is -2.11. The molecule has 19 heavy (non-hydrogen) atoms. The van der Waals surface area contributed by atoms with Crippen LogP contribution in [0.4, 0.5) is 0 Å². The summed E-state index contributed by atoms with van der Waals surface area (Å²) in [6.07, 6.45) is 6.56. The predicted molar refractivity (Wildman–Crippen MR) is 63.9 cm³/mol. The highest BCUT2D eigenvalue weighted by Gasteiger charge is 2.44. The van der Waals surface area contributed by atoms with E-state index in [1.54, 1.807) is 60.1 Å². The lowest BCUT2D eigenvalue weighted by molar-refractivity contribution is -0.673. The molecule has 3 rings (SSSR count). The molecule has 0 saturated heterocycles. The van der Waals surface area contributed by atoms with Crippen LogP contribution in [-0.2, 0) is 19.9 Å². The summed E-state index contributed by atoms with van der Waals surface area (Å²) in [5.74, 6) is -2.34. The summed E-state index contributed by atoms with van der Waals surface area (Å²) in [6, 6.07) is 3.16. The molecule has 0 aliphatic heterocycles. The van der Waals surface area contributed by atoms with Gasteiger partial charge in [-0.2, -0.15) is 0 Å². The van der Waals surface area contributed by atoms with Gasteiger partial charge in [0, 0.05) is 23.3 Å². The van der Waals surface area contributed by atoms with Crippen LogP contribution >= 0.6 is 0 Å². The summed E-state index contributed by atoms with van der Waals surface area (Å²) in [4.78, 5) is 12.4. The van der Waals surface area contributed by atoms with Gasteiger partial charge in [0.1, 0.15) is 14.1 Å². The molecule has 1 aliphatic carbocycles. The van der Waals surface area contributed by atoms with Gasteiger partial charge >= 0.3 is 0 Å². The summed E-state index contributed by atoms with van der Waals surface area (Å²) in [5, 5.41) is 20.8. The molecule has 5 nitrogen and oxygen atoms in total. The van der Waals surface area contributed by atoms with Gasteiger partial charge in [-0.15, -0.1) is 0 Å². The van der Waals surface area contributed by atoms with Crippen molar-refractivity contribution in [2.24, 2.45) is 14.1 Å². The van der Waals surface area contributed by atoms with Gasteiger partial charge in [-0.1, -0.05) is 0 Å². The normalized spacial score (nSPS) is 15.9. The second kappa shape index (κ2) is 3.69. The number of nitrogens with zero attached hydrogens (tertiary/aromatic N) is 2. The highest BCUT2D eigenvalue weighted by atomic mass is 16.5. The number of aromatic nitrogens is 2. The lowest BCUT2D eigenvalue weighted by atomic mass is 9.82. The van der Waals surface area contributed by atoms with Crippen LogP contribution in [0.3, 0.4) is 0 Å². The van der Waals surface area contributed by atoms with E-state index in [9.17, 15) is 15.0 Å². The van der Waals surface area contributed by atoms with Crippen LogP contribution in [0.1, 0.15) is 27.0 Å². The predicted octanol–water partition coefficient (Wildman–Crippen LogP) is -0.934. The van der Waals surface area contributed by atoms with E-state index in [-0.39, 0.29) is 16.9 Å². The number of carbonyl (C=O) groups excluding carboxylic acids is 1. The number of carbonyl (C=O) groups is 1. The lowest BCUT2D eigenvalue weighted by Gasteiger charge is -2.28. The molecule has 2 N–H and O–H groups in total. The van der Waals surface area contributed by atoms with Crippen molar-refractivity contribution in [3.63, 3.8) is 0 Å². The SMILES string of the molecule is C[n+]1ccc2c(c1)C(=O)c1cc[n+](C)cc1C2(O)O. The summed E-state index contributed by atoms with van der Waals surface area (Å²) >= 11 is 0. The first-order valence-corrected chi connectivity index (χ1v) is 5.90. The number of hydrogen-bond acceptors (Lipinski definition) is 3. The summed E-state index contributed by atoms with van der Waals surface area (Å²) < 4.78 is 3.39. The molecular formula is C14H14N2O3+2. The fourth-order valence-corrected chi connectivity index (χ4v) is 2.45. The molecule has 0 atom stereocenters. The van der Waals surface area contributed by atoms with Crippen LogP contribution in [0.2, 0.25) is 0 Å². The van der Waals surface area contributed by atoms with Crippen LogP contribution in [0.5, 0.6) is 0 Å². The molecule has 96 valence electrons. The fraction of sp³-hybridized carbons (Fsp3) is 0.214. The Balaban J connectivity index is 2.36. The van der Waals surface area contributed by atoms with Crippen LogP contribution in [0, 0.1) is 0 Å². The minimum absolute atomic E-state index is 0.194. The van der Waals surface area contributed by atoms with Crippen molar-refractivity contribution >= 4 is 5.78 Å². The topological polar surface area (TPSA) is 65.3 Å². The molecule has 2 aromatic rings. The van der Waals surface area contributed by atoms with E-state index in [2.05, 4.69) is 0 Å². The number of ketones is 1. The zero-order valence-electron chi connectivity index (χ0n) is 10.7. The Kier molecular flexibility index (Phi) is 2.32. The minimum atomic E-state index is -2.15. The molecule has 5 heteroatoms. The Labute approximate surface area is 110 Å². The van der Waals surface area contributed by atoms with Gasteiger partial charge in [-0.25, -0.2) is 9.13 Å². The minimum Gasteiger partial charge on any atom is -0.358 e. The van der Waals surface area contributed by atoms with Crippen LogP contribution in [-0.4, -0.2) is 16.0 Å². The number of rotatable bonds is 0. The van der Waals surface area contributed by atoms with E-state index >= 15 is 0 Å². The number of fused-ring (bicyclic) bond motifs is 2. The molecule has 0 amide bonds. The van der Waals surface area contributed by atoms with Gasteiger partial charge in [0.15, 0.2) is 30.6 Å². The Morgan fingerprint density at radius 1 is 0.947 bits per heavy atom. The van der Waals surface area contributed by atoms with Crippen molar-refractivity contribution in [1.29, 1.82) is 0 Å². The van der Waals surface area contributed by atoms with Gasteiger partial charge in [-0.05, 0) is 0 Å². The van der Waals surface area contributed by atoms with Crippen molar-refractivity contribution in [2.75, 3.05) is 0 Å². The molecule has 0 spiro atoms. The molecule has 0 unspecified atom stereocenters. The fourth-order valence-electron chi connectivity index (χ4n) is 2.45. The molecule has 0 aromatic carbocycles. The summed E-state index contributed by atoms with van der Waals surface area (Å²) in [6.45, 7) is 0. The Bertz CT molecular complexity index is 708. The number of hydrogen-bond donors (Lipinski definition) is 2. The van der Waals surface area contributed by atoms with Crippen molar-refractivity contribution in [2.45, 2.75) is 5.79 Å². The van der Waals surface area contributed by atoms with E-state index in [1.807, 2.05) is 0 Å². The highest BCUT2D eigenvalue weighted by molar-refractivity contribution is 6.12. The van der Waals surface area contributed by atoms with Crippen LogP contribution in [0.15, 0.2) is 36.9 Å². The third-order valence-corrected chi connectivity index (χ3v) is 3.44. The molecule has 0 fully saturated rings. The molecule has 0 saturated carbocycles. The van der Waals surface area contributed by atoms with E-state index in [1.165, 1.54) is 0 Å². The van der Waals surface area contributed by atoms with Gasteiger partial charge in [0.25, 0.3) is 0 Å². The standard InChI is InChI=1S/C14H14N2O3/c1-15-6-4-11-10(7-15)13(17)9-3-5-16(2)8-12(9)14(11,18)19/h3-8,18-19H,1-2H3/q+2. The van der Waals surface area contributed by atoms with Crippen molar-refractivity contribution < 1.29 is 24.1 Å². The van der Waals surface area contributed by atoms with Gasteiger partial charge in [0.2, 0.25) is 5.79 Å². The lowest BCUT2D eigenvalue weighted by Crippen LogP contribution is -2.42. The smallest absolute Gasteiger partial charge is 0.225 e. The maximum absolute atomic E-state index is 12.4. The zero-order chi connectivity index (χ0) is 13.8. The number of pyridine rings is 2. The summed E-state index contributed by atoms with van der Waals surface area (Å²) in [5.41, 5.74) is 1.07. The quantitative estimate of drug-likeness (QED) is 0.474. The van der Waals surface area contributed by atoms with Crippen molar-refractivity contribution in [3.8, 4) is 0 Å². The molecule has 0 bridgehead atoms. The second-order valence-corrected chi connectivity index (χ2v) is 4.88. The molecule has 2 aromatic heterocycles. The largest absolute Gasteiger partial charge is 0.358 e. The van der Waals surface area contributed by atoms with E-state index < -0.39 is 5.79 Å². The average Bonchev–Trinajstić information content (AvgIpc) is 2.36. The van der Waals surface area contributed by atoms with Crippen LogP contribution < -0.4 is 9.13 Å². The zero-order valence-corrected chi connectivity index (χ0v) is 10.7. The molecular weight excluding hydrogens is 244 g/mol. The first-order valence-electron chi connectivity index (χ1n) is 5.90. The molecule has 1 aliphatic rings. The van der Waals surface area contributed by atoms with E-state index in [4.69, 9.17) is 0 Å². The maximum atomic E-state index is 12.4. The van der Waals surface area contributed by atoms with Gasteiger partial charge < -0.3 is 10.2 Å². The van der Waals surface area contributed by atoms with Crippen molar-refractivity contribution in [1.82, 2.24) is 0 Å². The Morgan fingerprint density at radius 3 is 2.32 bits per heavy atom. The number of aryl methyl sites for hydroxylation is 2. The maximum Gasteiger partial charge on any atom is 0.225 e. The third kappa shape index (κ3) is 1.59. The first kappa shape index (κ1) is 12.0. The second-order valence-electron chi connectivity index (χ2n) is 4.88. The molecule has 0 radical (unpaired) electrons. The van der Waals surface area contributed by atoms with Crippen molar-refractivity contribution in [3.05, 3.63) is 59.2 Å². The summed E-state index contributed by atoms with van der Waals surface area (Å²) in [7, 11) is 3.55. The molecule has 2 heterocycles. The number of aliphatic hydroxyl groups is 2. The first-order chi connectivity index (χ1) is 8.91. The Morgan fingerprint density at radius 2 is 1.58 bits per heavy atom. The van der Waals surface area contributed by atoms with Gasteiger partial charge in [-0.3, -0.25) is 4.79 Å².